The monoisotopic (exact) mass is 126 g/mol. The zero-order valence-electron chi connectivity index (χ0n) is 6.18. The summed E-state index contributed by atoms with van der Waals surface area (Å²) in [6, 6.07) is 0. The Morgan fingerprint density at radius 3 is 2.56 bits per heavy atom. The van der Waals surface area contributed by atoms with E-state index in [-0.39, 0.29) is 5.41 Å². The first-order valence-electron chi connectivity index (χ1n) is 3.63. The zero-order chi connectivity index (χ0) is 6.91. The molecule has 0 aromatic heterocycles. The largest absolute Gasteiger partial charge is 0.303 e. The average Bonchev–Trinajstić information content (AvgIpc) is 2.13. The first-order valence-corrected chi connectivity index (χ1v) is 3.63. The predicted octanol–water partition coefficient (Wildman–Crippen LogP) is 2.01. The summed E-state index contributed by atoms with van der Waals surface area (Å²) in [6.07, 6.45) is 4.54. The van der Waals surface area contributed by atoms with Crippen LogP contribution in [-0.2, 0) is 4.79 Å². The molecule has 0 saturated heterocycles. The molecule has 52 valence electrons. The van der Waals surface area contributed by atoms with Gasteiger partial charge in [0.25, 0.3) is 0 Å². The molecule has 2 atom stereocenters. The molecule has 0 spiro atoms. The fourth-order valence-electron chi connectivity index (χ4n) is 1.68. The van der Waals surface area contributed by atoms with Crippen LogP contribution in [0.1, 0.15) is 33.1 Å². The lowest BCUT2D eigenvalue weighted by molar-refractivity contribution is -0.115. The van der Waals surface area contributed by atoms with Gasteiger partial charge in [-0.3, -0.25) is 0 Å². The van der Waals surface area contributed by atoms with Crippen molar-refractivity contribution < 1.29 is 4.79 Å². The van der Waals surface area contributed by atoms with Crippen LogP contribution in [0.15, 0.2) is 0 Å². The van der Waals surface area contributed by atoms with Crippen LogP contribution in [0.4, 0.5) is 0 Å². The Hall–Kier alpha value is -0.330. The van der Waals surface area contributed by atoms with Crippen molar-refractivity contribution in [2.75, 3.05) is 0 Å². The summed E-state index contributed by atoms with van der Waals surface area (Å²) in [5.41, 5.74) is 0.0272. The summed E-state index contributed by atoms with van der Waals surface area (Å²) >= 11 is 0. The molecule has 0 heterocycles. The van der Waals surface area contributed by atoms with Gasteiger partial charge in [0.05, 0.1) is 0 Å². The van der Waals surface area contributed by atoms with E-state index in [1.165, 1.54) is 6.42 Å². The highest BCUT2D eigenvalue weighted by Gasteiger charge is 2.32. The number of hydrogen-bond donors (Lipinski definition) is 0. The molecule has 0 aromatic rings. The molecule has 0 N–H and O–H groups in total. The molecular weight excluding hydrogens is 112 g/mol. The van der Waals surface area contributed by atoms with Crippen LogP contribution in [0.25, 0.3) is 0 Å². The second-order valence-corrected chi connectivity index (χ2v) is 3.62. The summed E-state index contributed by atoms with van der Waals surface area (Å²) < 4.78 is 0. The van der Waals surface area contributed by atoms with Gasteiger partial charge in [-0.15, -0.1) is 0 Å². The predicted molar refractivity (Wildman–Crippen MR) is 37.2 cm³/mol. The molecule has 0 unspecified atom stereocenters. The third-order valence-electron chi connectivity index (χ3n) is 2.31. The molecule has 0 radical (unpaired) electrons. The van der Waals surface area contributed by atoms with Crippen LogP contribution in [0, 0.1) is 11.3 Å². The van der Waals surface area contributed by atoms with Crippen molar-refractivity contribution in [2.45, 2.75) is 33.1 Å². The van der Waals surface area contributed by atoms with Gasteiger partial charge in [0.1, 0.15) is 6.29 Å². The minimum Gasteiger partial charge on any atom is -0.303 e. The topological polar surface area (TPSA) is 17.1 Å². The van der Waals surface area contributed by atoms with E-state index < -0.39 is 0 Å². The van der Waals surface area contributed by atoms with Crippen LogP contribution >= 0.6 is 0 Å². The molecule has 1 rings (SSSR count). The van der Waals surface area contributed by atoms with Gasteiger partial charge >= 0.3 is 0 Å². The van der Waals surface area contributed by atoms with E-state index in [0.717, 1.165) is 25.0 Å². The molecule has 0 aliphatic heterocycles. The number of hydrogen-bond acceptors (Lipinski definition) is 1. The molecule has 0 amide bonds. The fraction of sp³-hybridized carbons (Fsp3) is 0.875. The third-order valence-corrected chi connectivity index (χ3v) is 2.31. The second kappa shape index (κ2) is 2.13. The minimum atomic E-state index is 0.0272. The standard InChI is InChI=1S/C8H14O/c1-7-3-4-8(2,5-7)6-9/h6-7H,3-5H2,1-2H3/t7-,8-/m0/s1. The van der Waals surface area contributed by atoms with Gasteiger partial charge in [0.15, 0.2) is 0 Å². The molecule has 1 nitrogen and oxygen atoms in total. The minimum absolute atomic E-state index is 0.0272. The van der Waals surface area contributed by atoms with E-state index in [4.69, 9.17) is 0 Å². The van der Waals surface area contributed by atoms with Crippen LogP contribution in [0.5, 0.6) is 0 Å². The molecule has 1 heteroatoms. The highest BCUT2D eigenvalue weighted by atomic mass is 16.1. The Morgan fingerprint density at radius 1 is 1.67 bits per heavy atom. The summed E-state index contributed by atoms with van der Waals surface area (Å²) in [7, 11) is 0. The maximum absolute atomic E-state index is 10.5. The first kappa shape index (κ1) is 6.79. The third kappa shape index (κ3) is 1.32. The van der Waals surface area contributed by atoms with Crippen molar-refractivity contribution in [1.29, 1.82) is 0 Å². The molecule has 1 fully saturated rings. The van der Waals surface area contributed by atoms with E-state index in [1.54, 1.807) is 0 Å². The quantitative estimate of drug-likeness (QED) is 0.491. The summed E-state index contributed by atoms with van der Waals surface area (Å²) in [5, 5.41) is 0. The molecular formula is C8H14O. The maximum atomic E-state index is 10.5. The normalized spacial score (nSPS) is 43.1. The van der Waals surface area contributed by atoms with E-state index in [2.05, 4.69) is 13.8 Å². The molecule has 1 saturated carbocycles. The van der Waals surface area contributed by atoms with Crippen LogP contribution in [0.2, 0.25) is 0 Å². The number of carbonyl (C=O) groups excluding carboxylic acids is 1. The van der Waals surface area contributed by atoms with Gasteiger partial charge in [0, 0.05) is 5.41 Å². The van der Waals surface area contributed by atoms with E-state index in [0.29, 0.717) is 0 Å². The SMILES string of the molecule is C[C@H]1CC[C@](C)(C=O)C1. The van der Waals surface area contributed by atoms with Crippen molar-refractivity contribution in [2.24, 2.45) is 11.3 Å². The van der Waals surface area contributed by atoms with Gasteiger partial charge in [-0.05, 0) is 25.2 Å². The number of carbonyl (C=O) groups is 1. The highest BCUT2D eigenvalue weighted by molar-refractivity contribution is 5.59. The van der Waals surface area contributed by atoms with Crippen molar-refractivity contribution in [1.82, 2.24) is 0 Å². The van der Waals surface area contributed by atoms with Crippen molar-refractivity contribution >= 4 is 6.29 Å². The Kier molecular flexibility index (Phi) is 1.60. The second-order valence-electron chi connectivity index (χ2n) is 3.62. The average molecular weight is 126 g/mol. The fourth-order valence-corrected chi connectivity index (χ4v) is 1.68. The van der Waals surface area contributed by atoms with E-state index >= 15 is 0 Å². The highest BCUT2D eigenvalue weighted by Crippen LogP contribution is 2.39. The molecule has 0 aromatic carbocycles. The lowest BCUT2D eigenvalue weighted by atomic mass is 9.90. The Balaban J connectivity index is 2.54. The van der Waals surface area contributed by atoms with Crippen molar-refractivity contribution in [3.8, 4) is 0 Å². The molecule has 1 aliphatic rings. The number of rotatable bonds is 1. The summed E-state index contributed by atoms with van der Waals surface area (Å²) in [5.74, 6) is 0.764. The first-order chi connectivity index (χ1) is 4.16. The van der Waals surface area contributed by atoms with Gasteiger partial charge in [-0.1, -0.05) is 13.8 Å². The molecule has 9 heavy (non-hydrogen) atoms. The van der Waals surface area contributed by atoms with Crippen LogP contribution < -0.4 is 0 Å². The smallest absolute Gasteiger partial charge is 0.125 e. The molecule has 1 aliphatic carbocycles. The lowest BCUT2D eigenvalue weighted by Gasteiger charge is -2.13. The Morgan fingerprint density at radius 2 is 2.33 bits per heavy atom. The molecule has 0 bridgehead atoms. The van der Waals surface area contributed by atoms with Gasteiger partial charge in [0.2, 0.25) is 0 Å². The van der Waals surface area contributed by atoms with Gasteiger partial charge in [-0.25, -0.2) is 0 Å². The number of aldehydes is 1. The zero-order valence-corrected chi connectivity index (χ0v) is 6.18. The summed E-state index contributed by atoms with van der Waals surface area (Å²) in [4.78, 5) is 10.5. The van der Waals surface area contributed by atoms with Crippen LogP contribution in [-0.4, -0.2) is 6.29 Å². The summed E-state index contributed by atoms with van der Waals surface area (Å²) in [6.45, 7) is 4.28. The Bertz CT molecular complexity index is 120. The van der Waals surface area contributed by atoms with E-state index in [9.17, 15) is 4.79 Å². The Labute approximate surface area is 56.4 Å². The lowest BCUT2D eigenvalue weighted by Crippen LogP contribution is -2.12. The van der Waals surface area contributed by atoms with Crippen LogP contribution in [0.3, 0.4) is 0 Å². The van der Waals surface area contributed by atoms with Gasteiger partial charge < -0.3 is 4.79 Å². The van der Waals surface area contributed by atoms with Gasteiger partial charge in [-0.2, -0.15) is 0 Å². The van der Waals surface area contributed by atoms with Crippen molar-refractivity contribution in [3.05, 3.63) is 0 Å². The maximum Gasteiger partial charge on any atom is 0.125 e. The van der Waals surface area contributed by atoms with E-state index in [1.807, 2.05) is 0 Å². The van der Waals surface area contributed by atoms with Crippen molar-refractivity contribution in [3.63, 3.8) is 0 Å².